The number of alkyl halides is 6. The van der Waals surface area contributed by atoms with Crippen LogP contribution in [0.2, 0.25) is 0 Å². The first-order valence-electron chi connectivity index (χ1n) is 4.69. The second-order valence-electron chi connectivity index (χ2n) is 3.25. The largest absolute Gasteiger partial charge is 0.574 e. The van der Waals surface area contributed by atoms with Crippen LogP contribution in [0.3, 0.4) is 0 Å². The van der Waals surface area contributed by atoms with Gasteiger partial charge in [0.1, 0.15) is 0 Å². The van der Waals surface area contributed by atoms with Crippen molar-refractivity contribution in [3.8, 4) is 11.8 Å². The molecule has 0 spiro atoms. The number of hydrogen-bond acceptors (Lipinski definition) is 4. The number of halogens is 6. The second kappa shape index (κ2) is 5.11. The summed E-state index contributed by atoms with van der Waals surface area (Å²) in [6, 6.07) is 0.450. The van der Waals surface area contributed by atoms with E-state index < -0.39 is 42.0 Å². The number of methoxy groups -OCH3 is 1. The maximum atomic E-state index is 12.7. The quantitative estimate of drug-likeness (QED) is 0.869. The zero-order valence-corrected chi connectivity index (χ0v) is 9.39. The topological polar surface area (TPSA) is 57.4 Å². The lowest BCUT2D eigenvalue weighted by atomic mass is 10.1. The normalized spacial score (nSPS) is 12.4. The summed E-state index contributed by atoms with van der Waals surface area (Å²) >= 11 is 0. The fraction of sp³-hybridized carbons (Fsp3) is 0.444. The van der Waals surface area contributed by atoms with Crippen LogP contribution < -0.4 is 15.2 Å². The second-order valence-corrected chi connectivity index (χ2v) is 3.25. The summed E-state index contributed by atoms with van der Waals surface area (Å²) in [4.78, 5) is 3.18. The van der Waals surface area contributed by atoms with Gasteiger partial charge >= 0.3 is 12.5 Å². The molecule has 0 aromatic carbocycles. The third-order valence-corrected chi connectivity index (χ3v) is 1.99. The Bertz CT molecular complexity index is 457. The highest BCUT2D eigenvalue weighted by atomic mass is 19.4. The van der Waals surface area contributed by atoms with E-state index in [9.17, 15) is 26.3 Å². The summed E-state index contributed by atoms with van der Waals surface area (Å²) in [7, 11) is 0.960. The zero-order valence-electron chi connectivity index (χ0n) is 9.39. The number of nitrogens with two attached hydrogens (primary N) is 1. The van der Waals surface area contributed by atoms with Gasteiger partial charge in [-0.15, -0.1) is 13.2 Å². The van der Waals surface area contributed by atoms with E-state index >= 15 is 0 Å². The number of nitrogens with zero attached hydrogens (tertiary/aromatic N) is 1. The summed E-state index contributed by atoms with van der Waals surface area (Å²) in [5.41, 5.74) is 2.74. The van der Waals surface area contributed by atoms with Crippen LogP contribution in [0.15, 0.2) is 6.07 Å². The number of ether oxygens (including phenoxy) is 2. The Balaban J connectivity index is 3.44. The van der Waals surface area contributed by atoms with Gasteiger partial charge in [-0.1, -0.05) is 0 Å². The molecule has 0 saturated heterocycles. The lowest BCUT2D eigenvalue weighted by Gasteiger charge is -2.17. The van der Waals surface area contributed by atoms with Crippen LogP contribution in [0.25, 0.3) is 0 Å². The van der Waals surface area contributed by atoms with Crippen molar-refractivity contribution < 1.29 is 35.8 Å². The Hall–Kier alpha value is -1.71. The molecule has 4 nitrogen and oxygen atoms in total. The maximum absolute atomic E-state index is 12.7. The van der Waals surface area contributed by atoms with Crippen molar-refractivity contribution in [3.05, 3.63) is 17.2 Å². The molecule has 1 aromatic rings. The van der Waals surface area contributed by atoms with E-state index in [0.29, 0.717) is 6.07 Å². The molecule has 0 unspecified atom stereocenters. The van der Waals surface area contributed by atoms with Crippen LogP contribution in [-0.4, -0.2) is 18.5 Å². The molecule has 0 atom stereocenters. The summed E-state index contributed by atoms with van der Waals surface area (Å²) < 4.78 is 82.2. The molecule has 0 amide bonds. The Morgan fingerprint density at radius 3 is 2.16 bits per heavy atom. The molecule has 2 N–H and O–H groups in total. The van der Waals surface area contributed by atoms with E-state index in [0.717, 1.165) is 7.11 Å². The first-order chi connectivity index (χ1) is 8.58. The Kier molecular flexibility index (Phi) is 4.13. The number of rotatable bonds is 3. The SMILES string of the molecule is COc1cc(C(F)(F)F)c(CN)c(OC(F)(F)F)n1. The molecule has 0 fully saturated rings. The number of pyridine rings is 1. The molecule has 0 aliphatic carbocycles. The molecule has 1 aromatic heterocycles. The molecule has 19 heavy (non-hydrogen) atoms. The first kappa shape index (κ1) is 15.3. The van der Waals surface area contributed by atoms with Gasteiger partial charge in [0.15, 0.2) is 0 Å². The van der Waals surface area contributed by atoms with E-state index in [1.807, 2.05) is 0 Å². The molecule has 108 valence electrons. The van der Waals surface area contributed by atoms with Gasteiger partial charge in [0.25, 0.3) is 0 Å². The Labute approximate surface area is 103 Å². The maximum Gasteiger partial charge on any atom is 0.574 e. The zero-order chi connectivity index (χ0) is 14.8. The molecule has 1 heterocycles. The fourth-order valence-corrected chi connectivity index (χ4v) is 1.27. The molecular formula is C9H8F6N2O2. The van der Waals surface area contributed by atoms with Crippen molar-refractivity contribution in [2.45, 2.75) is 19.1 Å². The molecule has 0 aliphatic heterocycles. The first-order valence-corrected chi connectivity index (χ1v) is 4.69. The van der Waals surface area contributed by atoms with Crippen molar-refractivity contribution in [2.75, 3.05) is 7.11 Å². The molecule has 0 aliphatic rings. The summed E-state index contributed by atoms with van der Waals surface area (Å²) in [5, 5.41) is 0. The lowest BCUT2D eigenvalue weighted by Crippen LogP contribution is -2.22. The monoisotopic (exact) mass is 290 g/mol. The average Bonchev–Trinajstić information content (AvgIpc) is 2.24. The van der Waals surface area contributed by atoms with Crippen molar-refractivity contribution in [1.82, 2.24) is 4.98 Å². The van der Waals surface area contributed by atoms with E-state index in [4.69, 9.17) is 5.73 Å². The number of hydrogen-bond donors (Lipinski definition) is 1. The highest BCUT2D eigenvalue weighted by Gasteiger charge is 2.39. The van der Waals surface area contributed by atoms with Crippen LogP contribution in [0.4, 0.5) is 26.3 Å². The van der Waals surface area contributed by atoms with Gasteiger partial charge in [-0.2, -0.15) is 18.2 Å². The lowest BCUT2D eigenvalue weighted by molar-refractivity contribution is -0.276. The van der Waals surface area contributed by atoms with E-state index in [2.05, 4.69) is 14.5 Å². The smallest absolute Gasteiger partial charge is 0.481 e. The number of aromatic nitrogens is 1. The van der Waals surface area contributed by atoms with Crippen LogP contribution >= 0.6 is 0 Å². The van der Waals surface area contributed by atoms with Crippen LogP contribution in [0, 0.1) is 0 Å². The van der Waals surface area contributed by atoms with Gasteiger partial charge in [-0.05, 0) is 0 Å². The van der Waals surface area contributed by atoms with Crippen molar-refractivity contribution in [1.29, 1.82) is 0 Å². The molecule has 0 bridgehead atoms. The van der Waals surface area contributed by atoms with Gasteiger partial charge in [0.05, 0.1) is 12.7 Å². The predicted molar refractivity (Wildman–Crippen MR) is 50.4 cm³/mol. The third kappa shape index (κ3) is 3.88. The van der Waals surface area contributed by atoms with Gasteiger partial charge in [-0.3, -0.25) is 0 Å². The van der Waals surface area contributed by atoms with Crippen LogP contribution in [0.5, 0.6) is 11.8 Å². The van der Waals surface area contributed by atoms with Crippen LogP contribution in [-0.2, 0) is 12.7 Å². The van der Waals surface area contributed by atoms with Gasteiger partial charge < -0.3 is 15.2 Å². The van der Waals surface area contributed by atoms with Crippen molar-refractivity contribution in [3.63, 3.8) is 0 Å². The van der Waals surface area contributed by atoms with Crippen molar-refractivity contribution >= 4 is 0 Å². The minimum Gasteiger partial charge on any atom is -0.481 e. The third-order valence-electron chi connectivity index (χ3n) is 1.99. The molecule has 0 saturated carbocycles. The summed E-state index contributed by atoms with van der Waals surface area (Å²) in [5.74, 6) is -1.94. The molecular weight excluding hydrogens is 282 g/mol. The minimum atomic E-state index is -5.19. The average molecular weight is 290 g/mol. The van der Waals surface area contributed by atoms with E-state index in [1.165, 1.54) is 0 Å². The van der Waals surface area contributed by atoms with Gasteiger partial charge in [0.2, 0.25) is 11.8 Å². The molecule has 10 heteroatoms. The predicted octanol–water partition coefficient (Wildman–Crippen LogP) is 2.47. The Morgan fingerprint density at radius 2 is 1.79 bits per heavy atom. The standard InChI is InChI=1S/C9H8F6N2O2/c1-18-6-2-5(8(10,11)12)4(3-16)7(17-6)19-9(13,14)15/h2H,3,16H2,1H3. The van der Waals surface area contributed by atoms with E-state index in [1.54, 1.807) is 0 Å². The van der Waals surface area contributed by atoms with Gasteiger partial charge in [0, 0.05) is 18.2 Å². The Morgan fingerprint density at radius 1 is 1.21 bits per heavy atom. The van der Waals surface area contributed by atoms with Crippen LogP contribution in [0.1, 0.15) is 11.1 Å². The summed E-state index contributed by atoms with van der Waals surface area (Å²) in [6.45, 7) is -0.822. The summed E-state index contributed by atoms with van der Waals surface area (Å²) in [6.07, 6.45) is -10.1. The molecule has 1 rings (SSSR count). The minimum absolute atomic E-state index is 0.450. The highest BCUT2D eigenvalue weighted by molar-refractivity contribution is 5.40. The highest BCUT2D eigenvalue weighted by Crippen LogP contribution is 2.38. The van der Waals surface area contributed by atoms with Crippen molar-refractivity contribution in [2.24, 2.45) is 5.73 Å². The van der Waals surface area contributed by atoms with E-state index in [-0.39, 0.29) is 0 Å². The molecule has 0 radical (unpaired) electrons. The fourth-order valence-electron chi connectivity index (χ4n) is 1.27. The van der Waals surface area contributed by atoms with Gasteiger partial charge in [-0.25, -0.2) is 0 Å².